The molecule has 15 nitrogen and oxygen atoms in total. The molecule has 0 radical (unpaired) electrons. The molecule has 0 saturated heterocycles. The molecule has 0 aromatic carbocycles. The predicted molar refractivity (Wildman–Crippen MR) is 124 cm³/mol. The first-order valence-electron chi connectivity index (χ1n) is 11.5. The number of aliphatic hydroxyl groups excluding tert-OH is 2. The van der Waals surface area contributed by atoms with Crippen molar-refractivity contribution in [1.82, 2.24) is 36.7 Å². The van der Waals surface area contributed by atoms with Gasteiger partial charge >= 0.3 is 6.03 Å². The predicted octanol–water partition coefficient (Wildman–Crippen LogP) is -2.01. The van der Waals surface area contributed by atoms with Gasteiger partial charge in [0.2, 0.25) is 17.7 Å². The van der Waals surface area contributed by atoms with Gasteiger partial charge < -0.3 is 50.8 Å². The fourth-order valence-electron chi connectivity index (χ4n) is 3.27. The summed E-state index contributed by atoms with van der Waals surface area (Å²) in [4.78, 5) is 41.4. The highest BCUT2D eigenvalue weighted by atomic mass is 16.5. The number of carbonyl (C=O) groups excluding carboxylic acids is 3. The van der Waals surface area contributed by atoms with Crippen molar-refractivity contribution in [2.75, 3.05) is 46.6 Å². The van der Waals surface area contributed by atoms with Crippen molar-refractivity contribution in [1.29, 1.82) is 0 Å². The Labute approximate surface area is 208 Å². The third kappa shape index (κ3) is 9.41. The van der Waals surface area contributed by atoms with Gasteiger partial charge in [0.25, 0.3) is 0 Å². The van der Waals surface area contributed by atoms with Crippen LogP contribution in [0.2, 0.25) is 0 Å². The van der Waals surface area contributed by atoms with Crippen LogP contribution in [-0.2, 0) is 19.1 Å². The molecule has 4 atom stereocenters. The number of aliphatic hydroxyl groups is 2. The third-order valence-corrected chi connectivity index (χ3v) is 5.14. The largest absolute Gasteiger partial charge is 0.396 e. The zero-order chi connectivity index (χ0) is 26.5. The zero-order valence-electron chi connectivity index (χ0n) is 20.4. The summed E-state index contributed by atoms with van der Waals surface area (Å²) >= 11 is 0. The van der Waals surface area contributed by atoms with E-state index in [-0.39, 0.29) is 57.6 Å². The molecule has 0 spiro atoms. The van der Waals surface area contributed by atoms with Crippen molar-refractivity contribution in [3.63, 3.8) is 0 Å². The normalized spacial score (nSPS) is 23.9. The summed E-state index contributed by atoms with van der Waals surface area (Å²) in [5, 5.41) is 36.7. The summed E-state index contributed by atoms with van der Waals surface area (Å²) in [5.41, 5.74) is 0.348. The highest BCUT2D eigenvalue weighted by molar-refractivity contribution is 5.79. The number of fused-ring (bicyclic) bond motifs is 2. The van der Waals surface area contributed by atoms with Crippen LogP contribution in [0.15, 0.2) is 16.8 Å². The average Bonchev–Trinajstić information content (AvgIpc) is 3.32. The molecule has 7 N–H and O–H groups in total. The van der Waals surface area contributed by atoms with Crippen LogP contribution in [0, 0.1) is 0 Å². The minimum atomic E-state index is -1.03. The maximum Gasteiger partial charge on any atom is 0.316 e. The molecule has 1 aromatic rings. The Morgan fingerprint density at radius 1 is 1.19 bits per heavy atom. The average molecular weight is 514 g/mol. The smallest absolute Gasteiger partial charge is 0.316 e. The summed E-state index contributed by atoms with van der Waals surface area (Å²) in [6.07, 6.45) is -1.13. The molecule has 202 valence electrons. The van der Waals surface area contributed by atoms with Crippen LogP contribution in [0.25, 0.3) is 0 Å². The van der Waals surface area contributed by atoms with E-state index in [9.17, 15) is 24.6 Å². The Hall–Kier alpha value is -3.27. The topological polar surface area (TPSA) is 209 Å². The number of rotatable bonds is 5. The molecule has 36 heavy (non-hydrogen) atoms. The minimum Gasteiger partial charge on any atom is -0.396 e. The first kappa shape index (κ1) is 29.0. The third-order valence-electron chi connectivity index (χ3n) is 5.14. The second kappa shape index (κ2) is 15.0. The molecule has 0 fully saturated rings. The molecule has 1 aliphatic heterocycles. The Morgan fingerprint density at radius 2 is 1.94 bits per heavy atom. The number of amides is 4. The number of hydrogen-bond acceptors (Lipinski definition) is 11. The van der Waals surface area contributed by atoms with E-state index in [1.807, 2.05) is 0 Å². The van der Waals surface area contributed by atoms with Gasteiger partial charge in [0.05, 0.1) is 44.4 Å². The first-order valence-corrected chi connectivity index (χ1v) is 11.5. The van der Waals surface area contributed by atoms with Crippen molar-refractivity contribution in [2.45, 2.75) is 44.0 Å². The van der Waals surface area contributed by atoms with Gasteiger partial charge in [-0.05, 0) is 13.3 Å². The van der Waals surface area contributed by atoms with E-state index in [0.717, 1.165) is 0 Å². The quantitative estimate of drug-likeness (QED) is 0.229. The van der Waals surface area contributed by atoms with E-state index >= 15 is 0 Å². The van der Waals surface area contributed by atoms with Crippen LogP contribution in [-0.4, -0.2) is 97.0 Å². The molecule has 0 saturated carbocycles. The summed E-state index contributed by atoms with van der Waals surface area (Å²) in [7, 11) is 1.44. The number of carbonyl (C=O) groups is 3. The van der Waals surface area contributed by atoms with E-state index in [1.165, 1.54) is 14.0 Å². The van der Waals surface area contributed by atoms with Crippen LogP contribution in [0.4, 0.5) is 4.79 Å². The number of nitrogens with one attached hydrogen (secondary N) is 5. The van der Waals surface area contributed by atoms with Gasteiger partial charge in [0.1, 0.15) is 12.6 Å². The van der Waals surface area contributed by atoms with Crippen LogP contribution in [0.5, 0.6) is 0 Å². The number of aromatic nitrogens is 2. The highest BCUT2D eigenvalue weighted by Crippen LogP contribution is 2.19. The molecule has 2 heterocycles. The van der Waals surface area contributed by atoms with Gasteiger partial charge in [-0.3, -0.25) is 9.59 Å². The molecule has 0 aliphatic carbocycles. The highest BCUT2D eigenvalue weighted by Gasteiger charge is 2.29. The summed E-state index contributed by atoms with van der Waals surface area (Å²) < 4.78 is 16.0. The Balaban J connectivity index is 2.30. The molecule has 15 heteroatoms. The van der Waals surface area contributed by atoms with Crippen molar-refractivity contribution in [3.8, 4) is 0 Å². The summed E-state index contributed by atoms with van der Waals surface area (Å²) in [6.45, 7) is 5.88. The first-order chi connectivity index (χ1) is 17.2. The summed E-state index contributed by atoms with van der Waals surface area (Å²) in [5.74, 6) is -0.913. The monoisotopic (exact) mass is 513 g/mol. The maximum atomic E-state index is 12.8. The lowest BCUT2D eigenvalue weighted by molar-refractivity contribution is -0.127. The van der Waals surface area contributed by atoms with E-state index in [1.54, 1.807) is 0 Å². The van der Waals surface area contributed by atoms with Crippen molar-refractivity contribution in [2.24, 2.45) is 0 Å². The zero-order valence-corrected chi connectivity index (χ0v) is 20.4. The van der Waals surface area contributed by atoms with Gasteiger partial charge in [0.15, 0.2) is 5.82 Å². The van der Waals surface area contributed by atoms with Gasteiger partial charge in [-0.1, -0.05) is 11.7 Å². The SMILES string of the molecule is C=C1NCCOCCOCC(=O)N[C@@H](CCO)c2noc(n2)[C@H](CC(=O)NC)NC(=O)N[C@H]1C(C)O. The minimum absolute atomic E-state index is 0.0497. The number of ether oxygens (including phenoxy) is 2. The standard InChI is InChI=1S/C21H35N7O8/c1-12-18(13(2)30)26-21(33)25-15(10-16(31)22-3)20-27-19(28-36-20)14(4-6-29)24-17(32)11-35-9-8-34-7-5-23-12/h13-15,18,23,29-30H,1,4-11H2,2-3H3,(H,22,31)(H,24,32)(H2,25,26,33)/t13?,14-,15-,18+/m0/s1. The van der Waals surface area contributed by atoms with Gasteiger partial charge in [-0.25, -0.2) is 4.79 Å². The molecule has 2 rings (SSSR count). The molecule has 4 amide bonds. The van der Waals surface area contributed by atoms with E-state index in [2.05, 4.69) is 43.3 Å². The Kier molecular flexibility index (Phi) is 12.0. The number of nitrogens with zero attached hydrogens (tertiary/aromatic N) is 2. The lowest BCUT2D eigenvalue weighted by atomic mass is 10.1. The van der Waals surface area contributed by atoms with Crippen LogP contribution in [0.1, 0.15) is 43.6 Å². The van der Waals surface area contributed by atoms with Crippen molar-refractivity contribution in [3.05, 3.63) is 24.0 Å². The second-order valence-electron chi connectivity index (χ2n) is 8.01. The van der Waals surface area contributed by atoms with Gasteiger partial charge in [0, 0.05) is 25.9 Å². The maximum absolute atomic E-state index is 12.8. The number of hydrogen-bond donors (Lipinski definition) is 7. The van der Waals surface area contributed by atoms with Gasteiger partial charge in [-0.15, -0.1) is 0 Å². The van der Waals surface area contributed by atoms with Crippen LogP contribution >= 0.6 is 0 Å². The van der Waals surface area contributed by atoms with Crippen molar-refractivity contribution >= 4 is 17.8 Å². The fraction of sp³-hybridized carbons (Fsp3) is 0.667. The second-order valence-corrected chi connectivity index (χ2v) is 8.01. The molecule has 2 bridgehead atoms. The molecule has 1 aromatic heterocycles. The van der Waals surface area contributed by atoms with E-state index < -0.39 is 42.1 Å². The molecular weight excluding hydrogens is 478 g/mol. The lowest BCUT2D eigenvalue weighted by Crippen LogP contribution is -2.51. The Morgan fingerprint density at radius 3 is 2.64 bits per heavy atom. The van der Waals surface area contributed by atoms with E-state index in [4.69, 9.17) is 14.0 Å². The van der Waals surface area contributed by atoms with Crippen molar-refractivity contribution < 1.29 is 38.6 Å². The number of urea groups is 1. The lowest BCUT2D eigenvalue weighted by Gasteiger charge is -2.26. The van der Waals surface area contributed by atoms with Crippen LogP contribution < -0.4 is 26.6 Å². The molecule has 1 aliphatic rings. The van der Waals surface area contributed by atoms with E-state index in [0.29, 0.717) is 12.2 Å². The molecular formula is C21H35N7O8. The van der Waals surface area contributed by atoms with Gasteiger partial charge in [-0.2, -0.15) is 4.98 Å². The Bertz CT molecular complexity index is 878. The molecule has 1 unspecified atom stereocenters. The summed E-state index contributed by atoms with van der Waals surface area (Å²) in [6, 6.07) is -3.41. The van der Waals surface area contributed by atoms with Crippen LogP contribution in [0.3, 0.4) is 0 Å². The fourth-order valence-corrected chi connectivity index (χ4v) is 3.27.